The minimum Gasteiger partial charge on any atom is -0.377 e. The fourth-order valence-corrected chi connectivity index (χ4v) is 4.29. The van der Waals surface area contributed by atoms with E-state index in [1.807, 2.05) is 0 Å². The van der Waals surface area contributed by atoms with Crippen LogP contribution < -0.4 is 0 Å². The van der Waals surface area contributed by atoms with E-state index in [0.717, 1.165) is 32.7 Å². The van der Waals surface area contributed by atoms with Crippen molar-refractivity contribution in [1.82, 2.24) is 0 Å². The Kier molecular flexibility index (Phi) is 2.59. The smallest absolute Gasteiger partial charge is 0.176 e. The van der Waals surface area contributed by atoms with E-state index < -0.39 is 5.79 Å². The highest BCUT2D eigenvalue weighted by Crippen LogP contribution is 2.58. The summed E-state index contributed by atoms with van der Waals surface area (Å²) in [5.74, 6) is -0.394. The second-order valence-electron chi connectivity index (χ2n) is 6.68. The lowest BCUT2D eigenvalue weighted by Crippen LogP contribution is -2.63. The highest BCUT2D eigenvalue weighted by atomic mass is 16.7. The van der Waals surface area contributed by atoms with Crippen LogP contribution in [-0.4, -0.2) is 31.7 Å². The van der Waals surface area contributed by atoms with Gasteiger partial charge in [-0.15, -0.1) is 0 Å². The standard InChI is InChI=1S/C14H24O3/c1-12(2)11-13(3,5-4-8-15-11)6-7-14(12)16-9-10-17-14/h11H,4-10H2,1-3H3/t11-,13-/m0/s1. The van der Waals surface area contributed by atoms with E-state index in [4.69, 9.17) is 14.2 Å². The van der Waals surface area contributed by atoms with E-state index in [2.05, 4.69) is 20.8 Å². The van der Waals surface area contributed by atoms with Gasteiger partial charge in [-0.05, 0) is 24.7 Å². The Morgan fingerprint density at radius 2 is 1.59 bits per heavy atom. The molecule has 0 aromatic carbocycles. The normalized spacial score (nSPS) is 43.6. The minimum absolute atomic E-state index is 0.0586. The topological polar surface area (TPSA) is 27.7 Å². The molecule has 3 nitrogen and oxygen atoms in total. The van der Waals surface area contributed by atoms with Crippen molar-refractivity contribution < 1.29 is 14.2 Å². The lowest BCUT2D eigenvalue weighted by atomic mass is 9.56. The van der Waals surface area contributed by atoms with E-state index in [9.17, 15) is 0 Å². The third-order valence-electron chi connectivity index (χ3n) is 5.23. The molecule has 0 radical (unpaired) electrons. The molecule has 3 fully saturated rings. The van der Waals surface area contributed by atoms with Crippen LogP contribution in [0.2, 0.25) is 0 Å². The van der Waals surface area contributed by atoms with Crippen LogP contribution in [0.1, 0.15) is 46.5 Å². The van der Waals surface area contributed by atoms with Crippen molar-refractivity contribution in [2.75, 3.05) is 19.8 Å². The van der Waals surface area contributed by atoms with Gasteiger partial charge in [0, 0.05) is 18.4 Å². The summed E-state index contributed by atoms with van der Waals surface area (Å²) < 4.78 is 18.1. The summed E-state index contributed by atoms with van der Waals surface area (Å²) in [6, 6.07) is 0. The van der Waals surface area contributed by atoms with Gasteiger partial charge in [0.05, 0.1) is 19.3 Å². The average molecular weight is 240 g/mol. The predicted molar refractivity (Wildman–Crippen MR) is 64.7 cm³/mol. The summed E-state index contributed by atoms with van der Waals surface area (Å²) in [6.45, 7) is 9.23. The van der Waals surface area contributed by atoms with Crippen LogP contribution in [0.25, 0.3) is 0 Å². The Morgan fingerprint density at radius 1 is 0.882 bits per heavy atom. The fraction of sp³-hybridized carbons (Fsp3) is 1.00. The van der Waals surface area contributed by atoms with Crippen molar-refractivity contribution in [3.63, 3.8) is 0 Å². The van der Waals surface area contributed by atoms with Gasteiger partial charge in [0.2, 0.25) is 0 Å². The van der Waals surface area contributed by atoms with Gasteiger partial charge in [-0.3, -0.25) is 0 Å². The summed E-state index contributed by atoms with van der Waals surface area (Å²) in [6.07, 6.45) is 4.89. The lowest BCUT2D eigenvalue weighted by molar-refractivity contribution is -0.312. The molecular formula is C14H24O3. The molecule has 2 saturated heterocycles. The van der Waals surface area contributed by atoms with Crippen LogP contribution in [0.15, 0.2) is 0 Å². The van der Waals surface area contributed by atoms with Crippen molar-refractivity contribution >= 4 is 0 Å². The SMILES string of the molecule is CC1(C)[C@@H]2OCCC[C@@]2(C)CCC12OCCO2. The summed E-state index contributed by atoms with van der Waals surface area (Å²) in [5.41, 5.74) is 0.249. The third-order valence-corrected chi connectivity index (χ3v) is 5.23. The first-order valence-electron chi connectivity index (χ1n) is 6.90. The van der Waals surface area contributed by atoms with E-state index in [1.165, 1.54) is 12.8 Å². The van der Waals surface area contributed by atoms with Gasteiger partial charge in [-0.1, -0.05) is 20.8 Å². The summed E-state index contributed by atoms with van der Waals surface area (Å²) in [4.78, 5) is 0. The molecule has 0 N–H and O–H groups in total. The Hall–Kier alpha value is -0.120. The summed E-state index contributed by atoms with van der Waals surface area (Å²) in [7, 11) is 0. The largest absolute Gasteiger partial charge is 0.377 e. The number of rotatable bonds is 0. The molecule has 2 atom stereocenters. The molecule has 0 aromatic rings. The summed E-state index contributed by atoms with van der Waals surface area (Å²) in [5, 5.41) is 0. The highest BCUT2D eigenvalue weighted by Gasteiger charge is 2.63. The number of fused-ring (bicyclic) bond motifs is 1. The molecule has 0 bridgehead atoms. The Balaban J connectivity index is 1.94. The van der Waals surface area contributed by atoms with E-state index in [1.54, 1.807) is 0 Å². The van der Waals surface area contributed by atoms with E-state index in [0.29, 0.717) is 5.41 Å². The van der Waals surface area contributed by atoms with Crippen molar-refractivity contribution in [1.29, 1.82) is 0 Å². The van der Waals surface area contributed by atoms with Gasteiger partial charge in [-0.25, -0.2) is 0 Å². The van der Waals surface area contributed by atoms with Gasteiger partial charge in [-0.2, -0.15) is 0 Å². The molecule has 3 aliphatic rings. The first kappa shape index (κ1) is 11.9. The van der Waals surface area contributed by atoms with Crippen molar-refractivity contribution in [2.24, 2.45) is 10.8 Å². The monoisotopic (exact) mass is 240 g/mol. The zero-order valence-electron chi connectivity index (χ0n) is 11.3. The van der Waals surface area contributed by atoms with E-state index >= 15 is 0 Å². The number of hydrogen-bond acceptors (Lipinski definition) is 3. The fourth-order valence-electron chi connectivity index (χ4n) is 4.29. The van der Waals surface area contributed by atoms with Gasteiger partial charge in [0.1, 0.15) is 0 Å². The third kappa shape index (κ3) is 1.52. The molecule has 98 valence electrons. The molecule has 0 unspecified atom stereocenters. The molecule has 3 rings (SSSR count). The minimum atomic E-state index is -0.394. The molecule has 3 heteroatoms. The van der Waals surface area contributed by atoms with Crippen molar-refractivity contribution in [2.45, 2.75) is 58.3 Å². The van der Waals surface area contributed by atoms with Crippen LogP contribution in [0.4, 0.5) is 0 Å². The first-order valence-corrected chi connectivity index (χ1v) is 6.90. The van der Waals surface area contributed by atoms with Crippen LogP contribution >= 0.6 is 0 Å². The zero-order valence-corrected chi connectivity index (χ0v) is 11.3. The maximum absolute atomic E-state index is 6.13. The van der Waals surface area contributed by atoms with Crippen molar-refractivity contribution in [3.8, 4) is 0 Å². The Labute approximate surface area is 104 Å². The Bertz CT molecular complexity index is 307. The maximum atomic E-state index is 6.13. The zero-order chi connectivity index (χ0) is 12.1. The van der Waals surface area contributed by atoms with Gasteiger partial charge < -0.3 is 14.2 Å². The van der Waals surface area contributed by atoms with E-state index in [-0.39, 0.29) is 11.5 Å². The lowest BCUT2D eigenvalue weighted by Gasteiger charge is -2.59. The maximum Gasteiger partial charge on any atom is 0.176 e. The van der Waals surface area contributed by atoms with Gasteiger partial charge in [0.25, 0.3) is 0 Å². The molecule has 1 aliphatic carbocycles. The molecule has 1 spiro atoms. The molecule has 2 heterocycles. The Morgan fingerprint density at radius 3 is 2.29 bits per heavy atom. The second kappa shape index (κ2) is 3.69. The van der Waals surface area contributed by atoms with Crippen LogP contribution in [0.3, 0.4) is 0 Å². The number of hydrogen-bond donors (Lipinski definition) is 0. The number of ether oxygens (including phenoxy) is 3. The highest BCUT2D eigenvalue weighted by molar-refractivity contribution is 5.07. The molecule has 1 saturated carbocycles. The van der Waals surface area contributed by atoms with Crippen LogP contribution in [0.5, 0.6) is 0 Å². The van der Waals surface area contributed by atoms with Gasteiger partial charge >= 0.3 is 0 Å². The average Bonchev–Trinajstić information content (AvgIpc) is 2.75. The predicted octanol–water partition coefficient (Wildman–Crippen LogP) is 2.73. The van der Waals surface area contributed by atoms with Crippen LogP contribution in [-0.2, 0) is 14.2 Å². The quantitative estimate of drug-likeness (QED) is 0.651. The molecule has 17 heavy (non-hydrogen) atoms. The molecular weight excluding hydrogens is 216 g/mol. The first-order chi connectivity index (χ1) is 8.00. The van der Waals surface area contributed by atoms with Gasteiger partial charge in [0.15, 0.2) is 5.79 Å². The van der Waals surface area contributed by atoms with Crippen LogP contribution in [0, 0.1) is 10.8 Å². The molecule has 2 aliphatic heterocycles. The molecule has 0 amide bonds. The van der Waals surface area contributed by atoms with Crippen molar-refractivity contribution in [3.05, 3.63) is 0 Å². The summed E-state index contributed by atoms with van der Waals surface area (Å²) >= 11 is 0. The second-order valence-corrected chi connectivity index (χ2v) is 6.68. The molecule has 0 aromatic heterocycles.